The highest BCUT2D eigenvalue weighted by Crippen LogP contribution is 2.12. The largest absolute Gasteiger partial charge is 0.481 e. The van der Waals surface area contributed by atoms with Crippen LogP contribution < -0.4 is 5.32 Å². The lowest BCUT2D eigenvalue weighted by Crippen LogP contribution is -2.30. The van der Waals surface area contributed by atoms with Gasteiger partial charge in [-0.1, -0.05) is 6.07 Å². The second-order valence-corrected chi connectivity index (χ2v) is 2.90. The molecule has 0 aliphatic heterocycles. The lowest BCUT2D eigenvalue weighted by atomic mass is 10.2. The van der Waals surface area contributed by atoms with Gasteiger partial charge < -0.3 is 10.4 Å². The van der Waals surface area contributed by atoms with Gasteiger partial charge in [0.1, 0.15) is 5.82 Å². The van der Waals surface area contributed by atoms with E-state index in [0.717, 1.165) is 0 Å². The van der Waals surface area contributed by atoms with Gasteiger partial charge in [0.2, 0.25) is 0 Å². The van der Waals surface area contributed by atoms with Crippen LogP contribution in [0.4, 0.5) is 14.6 Å². The zero-order chi connectivity index (χ0) is 11.3. The Hall–Kier alpha value is -1.72. The fourth-order valence-electron chi connectivity index (χ4n) is 1.03. The standard InChI is InChI=1S/C9H10F2N2O2/c10-9(11)6(5-8(14)15)13-7-3-1-2-4-12-7/h1-4,6,9H,5H2,(H,12,13)(H,14,15)/t6-/m1/s1. The highest BCUT2D eigenvalue weighted by atomic mass is 19.3. The Balaban J connectivity index is 2.63. The van der Waals surface area contributed by atoms with E-state index >= 15 is 0 Å². The predicted molar refractivity (Wildman–Crippen MR) is 49.9 cm³/mol. The average Bonchev–Trinajstić information content (AvgIpc) is 2.17. The summed E-state index contributed by atoms with van der Waals surface area (Å²) >= 11 is 0. The molecule has 0 amide bonds. The average molecular weight is 216 g/mol. The third-order valence-electron chi connectivity index (χ3n) is 1.70. The molecular formula is C9H10F2N2O2. The van der Waals surface area contributed by atoms with Crippen LogP contribution in [0.1, 0.15) is 6.42 Å². The SMILES string of the molecule is O=C(O)C[C@@H](Nc1ccccn1)C(F)F. The van der Waals surface area contributed by atoms with E-state index in [0.29, 0.717) is 0 Å². The molecule has 1 aromatic rings. The molecule has 4 nitrogen and oxygen atoms in total. The Labute approximate surface area is 84.9 Å². The maximum absolute atomic E-state index is 12.4. The summed E-state index contributed by atoms with van der Waals surface area (Å²) in [7, 11) is 0. The third kappa shape index (κ3) is 3.88. The number of rotatable bonds is 5. The molecule has 6 heteroatoms. The third-order valence-corrected chi connectivity index (χ3v) is 1.70. The number of nitrogens with one attached hydrogen (secondary N) is 1. The Morgan fingerprint density at radius 3 is 2.73 bits per heavy atom. The van der Waals surface area contributed by atoms with Gasteiger partial charge in [0.05, 0.1) is 12.5 Å². The van der Waals surface area contributed by atoms with Crippen LogP contribution in [0, 0.1) is 0 Å². The molecule has 0 saturated heterocycles. The first-order valence-electron chi connectivity index (χ1n) is 4.27. The second kappa shape index (κ2) is 5.23. The van der Waals surface area contributed by atoms with E-state index in [1.54, 1.807) is 12.1 Å². The number of carboxylic acids is 1. The van der Waals surface area contributed by atoms with Crippen LogP contribution in [0.15, 0.2) is 24.4 Å². The minimum absolute atomic E-state index is 0.240. The highest BCUT2D eigenvalue weighted by Gasteiger charge is 2.23. The Bertz CT molecular complexity index is 319. The number of aliphatic carboxylic acids is 1. The van der Waals surface area contributed by atoms with Crippen LogP contribution in [0.5, 0.6) is 0 Å². The van der Waals surface area contributed by atoms with Crippen molar-refractivity contribution in [2.75, 3.05) is 5.32 Å². The molecule has 0 aliphatic rings. The number of anilines is 1. The molecule has 0 unspecified atom stereocenters. The lowest BCUT2D eigenvalue weighted by molar-refractivity contribution is -0.138. The van der Waals surface area contributed by atoms with Gasteiger partial charge >= 0.3 is 5.97 Å². The first kappa shape index (κ1) is 11.4. The zero-order valence-electron chi connectivity index (χ0n) is 7.73. The second-order valence-electron chi connectivity index (χ2n) is 2.90. The van der Waals surface area contributed by atoms with Crippen LogP contribution in [0.25, 0.3) is 0 Å². The topological polar surface area (TPSA) is 62.2 Å². The van der Waals surface area contributed by atoms with E-state index in [1.807, 2.05) is 0 Å². The number of carboxylic acid groups (broad SMARTS) is 1. The number of pyridine rings is 1. The highest BCUT2D eigenvalue weighted by molar-refractivity contribution is 5.68. The number of alkyl halides is 2. The molecule has 0 radical (unpaired) electrons. The molecule has 15 heavy (non-hydrogen) atoms. The maximum Gasteiger partial charge on any atom is 0.305 e. The molecular weight excluding hydrogens is 206 g/mol. The summed E-state index contributed by atoms with van der Waals surface area (Å²) in [5, 5.41) is 10.8. The van der Waals surface area contributed by atoms with Crippen molar-refractivity contribution in [1.29, 1.82) is 0 Å². The van der Waals surface area contributed by atoms with Crippen LogP contribution >= 0.6 is 0 Å². The molecule has 2 N–H and O–H groups in total. The molecule has 1 atom stereocenters. The number of hydrogen-bond donors (Lipinski definition) is 2. The van der Waals surface area contributed by atoms with Gasteiger partial charge in [-0.25, -0.2) is 13.8 Å². The van der Waals surface area contributed by atoms with E-state index in [-0.39, 0.29) is 5.82 Å². The van der Waals surface area contributed by atoms with Gasteiger partial charge in [-0.05, 0) is 12.1 Å². The molecule has 1 heterocycles. The number of carbonyl (C=O) groups is 1. The van der Waals surface area contributed by atoms with Crippen molar-refractivity contribution in [3.8, 4) is 0 Å². The monoisotopic (exact) mass is 216 g/mol. The molecule has 1 rings (SSSR count). The van der Waals surface area contributed by atoms with Crippen LogP contribution in [0.3, 0.4) is 0 Å². The van der Waals surface area contributed by atoms with E-state index in [2.05, 4.69) is 10.3 Å². The fourth-order valence-corrected chi connectivity index (χ4v) is 1.03. The molecule has 0 spiro atoms. The predicted octanol–water partition coefficient (Wildman–Crippen LogP) is 1.60. The normalized spacial score (nSPS) is 12.5. The van der Waals surface area contributed by atoms with Gasteiger partial charge in [0.15, 0.2) is 0 Å². The minimum atomic E-state index is -2.75. The number of hydrogen-bond acceptors (Lipinski definition) is 3. The summed E-state index contributed by atoms with van der Waals surface area (Å²) in [5.41, 5.74) is 0. The van der Waals surface area contributed by atoms with Crippen LogP contribution in [0.2, 0.25) is 0 Å². The van der Waals surface area contributed by atoms with Gasteiger partial charge in [-0.3, -0.25) is 4.79 Å². The van der Waals surface area contributed by atoms with E-state index < -0.39 is 24.9 Å². The van der Waals surface area contributed by atoms with Crippen molar-refractivity contribution in [3.63, 3.8) is 0 Å². The minimum Gasteiger partial charge on any atom is -0.481 e. The Morgan fingerprint density at radius 2 is 2.27 bits per heavy atom. The maximum atomic E-state index is 12.4. The van der Waals surface area contributed by atoms with Gasteiger partial charge in [0.25, 0.3) is 6.43 Å². The molecule has 0 aliphatic carbocycles. The first-order chi connectivity index (χ1) is 7.09. The molecule has 0 aromatic carbocycles. The van der Waals surface area contributed by atoms with Crippen LogP contribution in [-0.4, -0.2) is 28.5 Å². The van der Waals surface area contributed by atoms with Crippen LogP contribution in [-0.2, 0) is 4.79 Å². The Morgan fingerprint density at radius 1 is 1.53 bits per heavy atom. The van der Waals surface area contributed by atoms with Crippen molar-refractivity contribution in [1.82, 2.24) is 4.98 Å². The van der Waals surface area contributed by atoms with Crippen molar-refractivity contribution in [2.45, 2.75) is 18.9 Å². The van der Waals surface area contributed by atoms with E-state index in [4.69, 9.17) is 5.11 Å². The fraction of sp³-hybridized carbons (Fsp3) is 0.333. The summed E-state index contributed by atoms with van der Waals surface area (Å²) in [6, 6.07) is 3.34. The van der Waals surface area contributed by atoms with Crippen molar-refractivity contribution < 1.29 is 18.7 Å². The van der Waals surface area contributed by atoms with Gasteiger partial charge in [0, 0.05) is 6.20 Å². The first-order valence-corrected chi connectivity index (χ1v) is 4.27. The summed E-state index contributed by atoms with van der Waals surface area (Å²) in [5.74, 6) is -1.03. The zero-order valence-corrected chi connectivity index (χ0v) is 7.73. The smallest absolute Gasteiger partial charge is 0.305 e. The molecule has 0 fully saturated rings. The number of aromatic nitrogens is 1. The van der Waals surface area contributed by atoms with Gasteiger partial charge in [-0.15, -0.1) is 0 Å². The van der Waals surface area contributed by atoms with E-state index in [1.165, 1.54) is 12.3 Å². The summed E-state index contributed by atoms with van der Waals surface area (Å²) in [6.45, 7) is 0. The number of nitrogens with zero attached hydrogens (tertiary/aromatic N) is 1. The summed E-state index contributed by atoms with van der Waals surface area (Å²) in [6.07, 6.45) is -1.96. The summed E-state index contributed by atoms with van der Waals surface area (Å²) in [4.78, 5) is 14.1. The van der Waals surface area contributed by atoms with Gasteiger partial charge in [-0.2, -0.15) is 0 Å². The molecule has 82 valence electrons. The molecule has 1 aromatic heterocycles. The van der Waals surface area contributed by atoms with E-state index in [9.17, 15) is 13.6 Å². The number of halogens is 2. The summed E-state index contributed by atoms with van der Waals surface area (Å²) < 4.78 is 24.8. The molecule has 0 saturated carbocycles. The van der Waals surface area contributed by atoms with Crippen molar-refractivity contribution >= 4 is 11.8 Å². The quantitative estimate of drug-likeness (QED) is 0.784. The van der Waals surface area contributed by atoms with Crippen molar-refractivity contribution in [3.05, 3.63) is 24.4 Å². The lowest BCUT2D eigenvalue weighted by Gasteiger charge is -2.15. The molecule has 0 bridgehead atoms. The Kier molecular flexibility index (Phi) is 3.96. The van der Waals surface area contributed by atoms with Crippen molar-refractivity contribution in [2.24, 2.45) is 0 Å².